The van der Waals surface area contributed by atoms with Crippen molar-refractivity contribution in [3.8, 4) is 0 Å². The van der Waals surface area contributed by atoms with E-state index >= 15 is 0 Å². The molecule has 2 N–H and O–H groups in total. The Hall–Kier alpha value is -1.64. The molecule has 0 saturated heterocycles. The molecule has 2 aromatic heterocycles. The van der Waals surface area contributed by atoms with E-state index in [0.29, 0.717) is 11.7 Å². The highest BCUT2D eigenvalue weighted by Crippen LogP contribution is 2.20. The van der Waals surface area contributed by atoms with Crippen LogP contribution in [0.4, 0.5) is 5.82 Å². The SMILES string of the molecule is CC(C)c1ccc2ccnc(N)c2n1. The molecule has 0 amide bonds. The van der Waals surface area contributed by atoms with E-state index in [0.717, 1.165) is 16.6 Å². The van der Waals surface area contributed by atoms with Gasteiger partial charge in [-0.2, -0.15) is 0 Å². The van der Waals surface area contributed by atoms with Gasteiger partial charge in [0.1, 0.15) is 11.3 Å². The Bertz CT molecular complexity index is 463. The Labute approximate surface area is 83.0 Å². The molecule has 0 bridgehead atoms. The summed E-state index contributed by atoms with van der Waals surface area (Å²) >= 11 is 0. The van der Waals surface area contributed by atoms with Gasteiger partial charge in [0, 0.05) is 17.3 Å². The summed E-state index contributed by atoms with van der Waals surface area (Å²) in [5, 5.41) is 1.04. The lowest BCUT2D eigenvalue weighted by molar-refractivity contribution is 0.830. The van der Waals surface area contributed by atoms with Crippen molar-refractivity contribution < 1.29 is 0 Å². The predicted molar refractivity (Wildman–Crippen MR) is 58.0 cm³/mol. The fourth-order valence-electron chi connectivity index (χ4n) is 1.41. The Morgan fingerprint density at radius 3 is 2.71 bits per heavy atom. The van der Waals surface area contributed by atoms with Gasteiger partial charge in [-0.15, -0.1) is 0 Å². The van der Waals surface area contributed by atoms with E-state index in [9.17, 15) is 0 Å². The maximum Gasteiger partial charge on any atom is 0.149 e. The lowest BCUT2D eigenvalue weighted by Crippen LogP contribution is -1.97. The molecule has 0 aliphatic heterocycles. The second kappa shape index (κ2) is 3.25. The van der Waals surface area contributed by atoms with Crippen LogP contribution in [-0.2, 0) is 0 Å². The van der Waals surface area contributed by atoms with Gasteiger partial charge in [-0.05, 0) is 18.1 Å². The van der Waals surface area contributed by atoms with Crippen LogP contribution in [0.15, 0.2) is 24.4 Å². The van der Waals surface area contributed by atoms with Crippen LogP contribution in [0.3, 0.4) is 0 Å². The molecule has 0 fully saturated rings. The summed E-state index contributed by atoms with van der Waals surface area (Å²) in [4.78, 5) is 8.51. The first-order valence-electron chi connectivity index (χ1n) is 4.69. The standard InChI is InChI=1S/C11H13N3/c1-7(2)9-4-3-8-5-6-13-11(12)10(8)14-9/h3-7H,1-2H3,(H2,12,13). The number of nitrogens with zero attached hydrogens (tertiary/aromatic N) is 2. The van der Waals surface area contributed by atoms with Crippen LogP contribution in [0, 0.1) is 0 Å². The van der Waals surface area contributed by atoms with Gasteiger partial charge in [-0.1, -0.05) is 19.9 Å². The van der Waals surface area contributed by atoms with E-state index in [1.54, 1.807) is 6.20 Å². The molecule has 72 valence electrons. The van der Waals surface area contributed by atoms with Crippen molar-refractivity contribution in [3.05, 3.63) is 30.1 Å². The molecule has 0 aliphatic rings. The maximum atomic E-state index is 5.75. The Balaban J connectivity index is 2.70. The normalized spacial score (nSPS) is 11.1. The molecule has 0 spiro atoms. The lowest BCUT2D eigenvalue weighted by Gasteiger charge is -2.06. The summed E-state index contributed by atoms with van der Waals surface area (Å²) in [7, 11) is 0. The molecule has 2 heterocycles. The smallest absolute Gasteiger partial charge is 0.149 e. The van der Waals surface area contributed by atoms with E-state index in [4.69, 9.17) is 5.73 Å². The molecule has 0 aromatic carbocycles. The van der Waals surface area contributed by atoms with Gasteiger partial charge in [-0.3, -0.25) is 0 Å². The van der Waals surface area contributed by atoms with Crippen molar-refractivity contribution in [1.82, 2.24) is 9.97 Å². The van der Waals surface area contributed by atoms with Crippen LogP contribution in [0.1, 0.15) is 25.5 Å². The minimum absolute atomic E-state index is 0.416. The Kier molecular flexibility index (Phi) is 2.08. The minimum Gasteiger partial charge on any atom is -0.382 e. The number of pyridine rings is 2. The van der Waals surface area contributed by atoms with Gasteiger partial charge >= 0.3 is 0 Å². The van der Waals surface area contributed by atoms with Gasteiger partial charge in [0.05, 0.1) is 0 Å². The van der Waals surface area contributed by atoms with Crippen molar-refractivity contribution in [2.24, 2.45) is 0 Å². The van der Waals surface area contributed by atoms with Crippen molar-refractivity contribution in [1.29, 1.82) is 0 Å². The van der Waals surface area contributed by atoms with Gasteiger partial charge in [0.15, 0.2) is 0 Å². The zero-order chi connectivity index (χ0) is 10.1. The van der Waals surface area contributed by atoms with Crippen LogP contribution in [-0.4, -0.2) is 9.97 Å². The molecule has 3 nitrogen and oxygen atoms in total. The monoisotopic (exact) mass is 187 g/mol. The highest BCUT2D eigenvalue weighted by Gasteiger charge is 2.04. The second-order valence-electron chi connectivity index (χ2n) is 3.66. The topological polar surface area (TPSA) is 51.8 Å². The first-order valence-corrected chi connectivity index (χ1v) is 4.69. The first-order chi connectivity index (χ1) is 6.68. The lowest BCUT2D eigenvalue weighted by atomic mass is 10.1. The van der Waals surface area contributed by atoms with E-state index in [2.05, 4.69) is 23.8 Å². The van der Waals surface area contributed by atoms with E-state index in [1.165, 1.54) is 0 Å². The molecular formula is C11H13N3. The van der Waals surface area contributed by atoms with E-state index < -0.39 is 0 Å². The van der Waals surface area contributed by atoms with Crippen LogP contribution in [0.25, 0.3) is 10.9 Å². The molecule has 0 atom stereocenters. The molecular weight excluding hydrogens is 174 g/mol. The van der Waals surface area contributed by atoms with Crippen molar-refractivity contribution in [2.45, 2.75) is 19.8 Å². The Morgan fingerprint density at radius 2 is 2.00 bits per heavy atom. The summed E-state index contributed by atoms with van der Waals surface area (Å²) in [6.45, 7) is 4.22. The number of rotatable bonds is 1. The zero-order valence-corrected chi connectivity index (χ0v) is 8.36. The average molecular weight is 187 g/mol. The third kappa shape index (κ3) is 1.41. The van der Waals surface area contributed by atoms with Crippen LogP contribution in [0.5, 0.6) is 0 Å². The third-order valence-corrected chi connectivity index (χ3v) is 2.25. The molecule has 0 unspecified atom stereocenters. The zero-order valence-electron chi connectivity index (χ0n) is 8.36. The largest absolute Gasteiger partial charge is 0.382 e. The summed E-state index contributed by atoms with van der Waals surface area (Å²) in [6, 6.07) is 5.99. The number of hydrogen-bond acceptors (Lipinski definition) is 3. The third-order valence-electron chi connectivity index (χ3n) is 2.25. The highest BCUT2D eigenvalue weighted by atomic mass is 14.9. The molecule has 14 heavy (non-hydrogen) atoms. The highest BCUT2D eigenvalue weighted by molar-refractivity contribution is 5.86. The van der Waals surface area contributed by atoms with Crippen LogP contribution < -0.4 is 5.73 Å². The second-order valence-corrected chi connectivity index (χ2v) is 3.66. The quantitative estimate of drug-likeness (QED) is 0.745. The first kappa shape index (κ1) is 8.94. The van der Waals surface area contributed by atoms with Crippen molar-refractivity contribution >= 4 is 16.7 Å². The van der Waals surface area contributed by atoms with Gasteiger partial charge in [0.25, 0.3) is 0 Å². The fourth-order valence-corrected chi connectivity index (χ4v) is 1.41. The molecule has 0 saturated carbocycles. The number of anilines is 1. The number of aromatic nitrogens is 2. The Morgan fingerprint density at radius 1 is 1.21 bits per heavy atom. The molecule has 2 aromatic rings. The number of nitrogens with two attached hydrogens (primary N) is 1. The van der Waals surface area contributed by atoms with Crippen molar-refractivity contribution in [2.75, 3.05) is 5.73 Å². The number of hydrogen-bond donors (Lipinski definition) is 1. The number of fused-ring (bicyclic) bond motifs is 1. The molecule has 0 aliphatic carbocycles. The predicted octanol–water partition coefficient (Wildman–Crippen LogP) is 2.34. The van der Waals surface area contributed by atoms with Gasteiger partial charge in [0.2, 0.25) is 0 Å². The molecule has 2 rings (SSSR count). The van der Waals surface area contributed by atoms with Crippen LogP contribution in [0.2, 0.25) is 0 Å². The van der Waals surface area contributed by atoms with Gasteiger partial charge in [-0.25, -0.2) is 9.97 Å². The van der Waals surface area contributed by atoms with Gasteiger partial charge < -0.3 is 5.73 Å². The summed E-state index contributed by atoms with van der Waals surface area (Å²) in [5.41, 5.74) is 7.61. The molecule has 0 radical (unpaired) electrons. The maximum absolute atomic E-state index is 5.75. The molecule has 3 heteroatoms. The van der Waals surface area contributed by atoms with Crippen molar-refractivity contribution in [3.63, 3.8) is 0 Å². The van der Waals surface area contributed by atoms with Crippen LogP contribution >= 0.6 is 0 Å². The number of nitrogen functional groups attached to an aromatic ring is 1. The van der Waals surface area contributed by atoms with E-state index in [-0.39, 0.29) is 0 Å². The average Bonchev–Trinajstić information content (AvgIpc) is 2.18. The summed E-state index contributed by atoms with van der Waals surface area (Å²) in [6.07, 6.45) is 1.70. The fraction of sp³-hybridized carbons (Fsp3) is 0.273. The summed E-state index contributed by atoms with van der Waals surface area (Å²) < 4.78 is 0. The summed E-state index contributed by atoms with van der Waals surface area (Å²) in [5.74, 6) is 0.920. The van der Waals surface area contributed by atoms with E-state index in [1.807, 2.05) is 18.2 Å². The minimum atomic E-state index is 0.416.